The zero-order chi connectivity index (χ0) is 24.8. The molecule has 1 aromatic carbocycles. The highest BCUT2D eigenvalue weighted by Gasteiger charge is 2.44. The first-order chi connectivity index (χ1) is 16.1. The molecular formula is C25H33FN2O6. The molecule has 2 N–H and O–H groups in total. The van der Waals surface area contributed by atoms with Crippen molar-refractivity contribution >= 4 is 22.6 Å². The van der Waals surface area contributed by atoms with E-state index in [2.05, 4.69) is 0 Å². The summed E-state index contributed by atoms with van der Waals surface area (Å²) >= 11 is 0. The number of aliphatic hydroxyl groups is 1. The Balaban J connectivity index is 1.72. The van der Waals surface area contributed by atoms with E-state index in [4.69, 9.17) is 9.47 Å². The minimum absolute atomic E-state index is 0.0899. The van der Waals surface area contributed by atoms with E-state index >= 15 is 4.39 Å². The van der Waals surface area contributed by atoms with Gasteiger partial charge in [0, 0.05) is 43.7 Å². The number of carboxylic acid groups (broad SMARTS) is 1. The Morgan fingerprint density at radius 1 is 1.32 bits per heavy atom. The van der Waals surface area contributed by atoms with Gasteiger partial charge in [-0.1, -0.05) is 13.8 Å². The van der Waals surface area contributed by atoms with E-state index in [1.54, 1.807) is 14.0 Å². The normalized spacial score (nSPS) is 20.8. The molecule has 9 heteroatoms. The molecule has 1 aliphatic heterocycles. The van der Waals surface area contributed by atoms with Crippen LogP contribution < -0.4 is 10.3 Å². The number of pyridine rings is 1. The Morgan fingerprint density at radius 3 is 2.65 bits per heavy atom. The van der Waals surface area contributed by atoms with Crippen LogP contribution in [0.25, 0.3) is 10.9 Å². The first kappa shape index (κ1) is 24.6. The van der Waals surface area contributed by atoms with Crippen molar-refractivity contribution in [1.82, 2.24) is 4.57 Å². The maximum Gasteiger partial charge on any atom is 0.341 e. The molecule has 1 saturated heterocycles. The predicted octanol–water partition coefficient (Wildman–Crippen LogP) is 2.97. The van der Waals surface area contributed by atoms with E-state index in [0.717, 1.165) is 12.8 Å². The highest BCUT2D eigenvalue weighted by molar-refractivity contribution is 5.95. The summed E-state index contributed by atoms with van der Waals surface area (Å²) in [5.41, 5.74) is 0.270. The van der Waals surface area contributed by atoms with E-state index in [0.29, 0.717) is 43.1 Å². The largest absolute Gasteiger partial charge is 0.477 e. The minimum Gasteiger partial charge on any atom is -0.477 e. The van der Waals surface area contributed by atoms with Gasteiger partial charge >= 0.3 is 5.97 Å². The number of nitrogens with zero attached hydrogens (tertiary/aromatic N) is 2. The van der Waals surface area contributed by atoms with Crippen molar-refractivity contribution in [2.75, 3.05) is 44.9 Å². The monoisotopic (exact) mass is 476 g/mol. The number of aliphatic hydroxyl groups excluding tert-OH is 1. The van der Waals surface area contributed by atoms with Crippen LogP contribution in [0.1, 0.15) is 48.7 Å². The average Bonchev–Trinajstić information content (AvgIpc) is 3.55. The van der Waals surface area contributed by atoms with Crippen LogP contribution in [0.3, 0.4) is 0 Å². The summed E-state index contributed by atoms with van der Waals surface area (Å²) in [5, 5.41) is 20.4. The number of hydrogen-bond donors (Lipinski definition) is 2. The molecule has 2 heterocycles. The van der Waals surface area contributed by atoms with Crippen LogP contribution in [-0.2, 0) is 9.47 Å². The zero-order valence-corrected chi connectivity index (χ0v) is 20.1. The van der Waals surface area contributed by atoms with Crippen molar-refractivity contribution in [1.29, 1.82) is 0 Å². The summed E-state index contributed by atoms with van der Waals surface area (Å²) in [7, 11) is 1.59. The summed E-state index contributed by atoms with van der Waals surface area (Å²) < 4.78 is 27.9. The van der Waals surface area contributed by atoms with Gasteiger partial charge in [0.15, 0.2) is 0 Å². The summed E-state index contributed by atoms with van der Waals surface area (Å²) in [6.45, 7) is 7.84. The van der Waals surface area contributed by atoms with Gasteiger partial charge in [0.2, 0.25) is 5.43 Å². The van der Waals surface area contributed by atoms with Gasteiger partial charge < -0.3 is 29.2 Å². The predicted molar refractivity (Wildman–Crippen MR) is 126 cm³/mol. The summed E-state index contributed by atoms with van der Waals surface area (Å²) in [6.07, 6.45) is 2.45. The Morgan fingerprint density at radius 2 is 2.03 bits per heavy atom. The number of aryl methyl sites for hydroxylation is 1. The van der Waals surface area contributed by atoms with Gasteiger partial charge in [-0.15, -0.1) is 0 Å². The average molecular weight is 477 g/mol. The van der Waals surface area contributed by atoms with Crippen LogP contribution in [0.5, 0.6) is 0 Å². The van der Waals surface area contributed by atoms with Gasteiger partial charge in [-0.3, -0.25) is 4.79 Å². The van der Waals surface area contributed by atoms with Crippen molar-refractivity contribution in [3.05, 3.63) is 39.4 Å². The Labute approximate surface area is 197 Å². The lowest BCUT2D eigenvalue weighted by Crippen LogP contribution is -2.36. The number of anilines is 1. The lowest BCUT2D eigenvalue weighted by Gasteiger charge is -2.29. The molecule has 0 bridgehead atoms. The second-order valence-electron chi connectivity index (χ2n) is 10.2. The highest BCUT2D eigenvalue weighted by Crippen LogP contribution is 2.44. The third-order valence-corrected chi connectivity index (χ3v) is 7.17. The fourth-order valence-electron chi connectivity index (χ4n) is 5.28. The van der Waals surface area contributed by atoms with Crippen molar-refractivity contribution in [3.63, 3.8) is 0 Å². The quantitative estimate of drug-likeness (QED) is 0.537. The van der Waals surface area contributed by atoms with E-state index in [-0.39, 0.29) is 34.9 Å². The molecule has 0 radical (unpaired) electrons. The lowest BCUT2D eigenvalue weighted by molar-refractivity contribution is -0.0260. The molecule has 34 heavy (non-hydrogen) atoms. The third kappa shape index (κ3) is 4.44. The molecule has 2 aliphatic rings. The fourth-order valence-corrected chi connectivity index (χ4v) is 5.28. The van der Waals surface area contributed by atoms with Crippen LogP contribution in [0.2, 0.25) is 0 Å². The smallest absolute Gasteiger partial charge is 0.341 e. The van der Waals surface area contributed by atoms with Crippen molar-refractivity contribution in [2.45, 2.75) is 45.8 Å². The number of benzene rings is 1. The summed E-state index contributed by atoms with van der Waals surface area (Å²) in [6, 6.07) is 1.28. The van der Waals surface area contributed by atoms with E-state index in [1.807, 2.05) is 23.3 Å². The van der Waals surface area contributed by atoms with Gasteiger partial charge in [-0.05, 0) is 36.8 Å². The van der Waals surface area contributed by atoms with Crippen LogP contribution in [0, 0.1) is 24.1 Å². The number of rotatable bonds is 9. The summed E-state index contributed by atoms with van der Waals surface area (Å²) in [4.78, 5) is 26.4. The number of ether oxygens (including phenoxy) is 2. The minimum atomic E-state index is -1.31. The molecule has 8 nitrogen and oxygen atoms in total. The highest BCUT2D eigenvalue weighted by atomic mass is 19.1. The number of aromatic nitrogens is 1. The standard InChI is InChI=1S/C25H33FN2O6/c1-14-21-16(23(30)17(24(31)32)10-28(21)15-5-6-15)9-19(26)22(14)27-11-18(25(2,3)13-27)20(29)12-34-8-7-33-4/h9-10,15,18,20,29H,5-8,11-13H2,1-4H3,(H,31,32). The van der Waals surface area contributed by atoms with Gasteiger partial charge in [0.1, 0.15) is 11.4 Å². The number of aromatic carboxylic acids is 1. The number of halogens is 1. The van der Waals surface area contributed by atoms with Crippen LogP contribution >= 0.6 is 0 Å². The Kier molecular flexibility index (Phi) is 6.72. The van der Waals surface area contributed by atoms with E-state index in [9.17, 15) is 19.8 Å². The SMILES string of the molecule is COCCOCC(O)C1CN(c2c(F)cc3c(=O)c(C(=O)O)cn(C4CC4)c3c2C)CC1(C)C. The molecule has 1 saturated carbocycles. The van der Waals surface area contributed by atoms with E-state index in [1.165, 1.54) is 12.3 Å². The zero-order valence-electron chi connectivity index (χ0n) is 20.1. The molecule has 0 spiro atoms. The molecule has 0 amide bonds. The number of fused-ring (bicyclic) bond motifs is 1. The first-order valence-corrected chi connectivity index (χ1v) is 11.7. The van der Waals surface area contributed by atoms with Gasteiger partial charge in [0.25, 0.3) is 0 Å². The Hall–Kier alpha value is -2.49. The maximum absolute atomic E-state index is 15.5. The third-order valence-electron chi connectivity index (χ3n) is 7.17. The lowest BCUT2D eigenvalue weighted by atomic mass is 9.79. The number of carboxylic acids is 1. The van der Waals surface area contributed by atoms with Crippen molar-refractivity contribution in [3.8, 4) is 0 Å². The maximum atomic E-state index is 15.5. The van der Waals surface area contributed by atoms with Crippen molar-refractivity contribution < 1.29 is 28.9 Å². The van der Waals surface area contributed by atoms with Gasteiger partial charge in [0.05, 0.1) is 37.1 Å². The molecule has 1 aliphatic carbocycles. The molecule has 2 unspecified atom stereocenters. The molecular weight excluding hydrogens is 443 g/mol. The van der Waals surface area contributed by atoms with Crippen molar-refractivity contribution in [2.24, 2.45) is 11.3 Å². The Bertz CT molecular complexity index is 1160. The molecule has 4 rings (SSSR count). The van der Waals surface area contributed by atoms with Gasteiger partial charge in [-0.2, -0.15) is 0 Å². The van der Waals surface area contributed by atoms with Crippen LogP contribution in [0.4, 0.5) is 10.1 Å². The second-order valence-corrected chi connectivity index (χ2v) is 10.2. The molecule has 186 valence electrons. The molecule has 1 aromatic heterocycles. The number of hydrogen-bond acceptors (Lipinski definition) is 6. The van der Waals surface area contributed by atoms with Gasteiger partial charge in [-0.25, -0.2) is 9.18 Å². The van der Waals surface area contributed by atoms with Crippen LogP contribution in [-0.4, -0.2) is 66.9 Å². The molecule has 2 fully saturated rings. The molecule has 2 aromatic rings. The van der Waals surface area contributed by atoms with Crippen LogP contribution in [0.15, 0.2) is 17.1 Å². The summed E-state index contributed by atoms with van der Waals surface area (Å²) in [5.74, 6) is -2.02. The topological polar surface area (TPSA) is 101 Å². The molecule has 2 atom stereocenters. The van der Waals surface area contributed by atoms with E-state index < -0.39 is 23.3 Å². The fraction of sp³-hybridized carbons (Fsp3) is 0.600. The number of carbonyl (C=O) groups is 1. The number of methoxy groups -OCH3 is 1. The second kappa shape index (κ2) is 9.28. The first-order valence-electron chi connectivity index (χ1n) is 11.7.